The first kappa shape index (κ1) is 30.9. The second-order valence-electron chi connectivity index (χ2n) is 15.3. The highest BCUT2D eigenvalue weighted by Gasteiger charge is 2.36. The van der Waals surface area contributed by atoms with Gasteiger partial charge in [-0.3, -0.25) is 0 Å². The predicted octanol–water partition coefficient (Wildman–Crippen LogP) is 14.4. The van der Waals surface area contributed by atoms with Crippen LogP contribution in [0, 0.1) is 0 Å². The number of hydrogen-bond donors (Lipinski definition) is 0. The van der Waals surface area contributed by atoms with Gasteiger partial charge in [0.1, 0.15) is 0 Å². The highest BCUT2D eigenvalue weighted by atomic mass is 15.0. The van der Waals surface area contributed by atoms with E-state index in [9.17, 15) is 0 Å². The molecule has 0 saturated heterocycles. The minimum atomic E-state index is -0.177. The van der Waals surface area contributed by atoms with Gasteiger partial charge in [0, 0.05) is 27.6 Å². The summed E-state index contributed by atoms with van der Waals surface area (Å²) in [6, 6.07) is 69.7. The van der Waals surface area contributed by atoms with Crippen molar-refractivity contribution in [3.63, 3.8) is 0 Å². The van der Waals surface area contributed by atoms with E-state index in [1.165, 1.54) is 105 Å². The first-order valence-electron chi connectivity index (χ1n) is 18.9. The number of aromatic nitrogens is 1. The van der Waals surface area contributed by atoms with Crippen LogP contribution >= 0.6 is 0 Å². The standard InChI is InChI=1S/C53H37N/c1-53(2)48-25-12-10-23-44(48)51-47-33-37(28-30-50(47)54(38-17-4-3-5-18-38)52(51)45-24-11-13-26-49(45)53)35-16-14-15-34(31-35)36-27-29-43-41-21-7-6-19-39(41)40-20-8-9-22-42(40)46(43)32-36/h3-33H,1-2H3. The summed E-state index contributed by atoms with van der Waals surface area (Å²) < 4.78 is 2.49. The Kier molecular flexibility index (Phi) is 6.66. The van der Waals surface area contributed by atoms with Crippen molar-refractivity contribution < 1.29 is 0 Å². The lowest BCUT2D eigenvalue weighted by Gasteiger charge is -2.28. The highest BCUT2D eigenvalue weighted by molar-refractivity contribution is 6.25. The smallest absolute Gasteiger partial charge is 0.0622 e. The van der Waals surface area contributed by atoms with Crippen molar-refractivity contribution in [1.29, 1.82) is 0 Å². The fourth-order valence-corrected chi connectivity index (χ4v) is 9.44. The van der Waals surface area contributed by atoms with Crippen molar-refractivity contribution in [2.75, 3.05) is 0 Å². The van der Waals surface area contributed by atoms with Gasteiger partial charge >= 0.3 is 0 Å². The van der Waals surface area contributed by atoms with Gasteiger partial charge in [0.2, 0.25) is 0 Å². The Morgan fingerprint density at radius 3 is 1.50 bits per heavy atom. The zero-order chi connectivity index (χ0) is 36.0. The summed E-state index contributed by atoms with van der Waals surface area (Å²) >= 11 is 0. The molecule has 10 aromatic rings. The van der Waals surface area contributed by atoms with E-state index in [0.717, 1.165) is 0 Å². The van der Waals surface area contributed by atoms with E-state index in [-0.39, 0.29) is 5.41 Å². The van der Waals surface area contributed by atoms with E-state index >= 15 is 0 Å². The normalized spacial score (nSPS) is 13.1. The number of nitrogens with zero attached hydrogens (tertiary/aromatic N) is 1. The van der Waals surface area contributed by atoms with Crippen LogP contribution in [0.15, 0.2) is 188 Å². The molecule has 1 nitrogen and oxygen atoms in total. The number of para-hydroxylation sites is 1. The number of fused-ring (bicyclic) bond motifs is 13. The summed E-state index contributed by atoms with van der Waals surface area (Å²) in [5.41, 5.74) is 14.9. The molecule has 0 fully saturated rings. The van der Waals surface area contributed by atoms with Crippen LogP contribution in [0.4, 0.5) is 0 Å². The van der Waals surface area contributed by atoms with E-state index in [0.29, 0.717) is 0 Å². The third kappa shape index (κ3) is 4.45. The fraction of sp³-hybridized carbons (Fsp3) is 0.0566. The topological polar surface area (TPSA) is 4.93 Å². The van der Waals surface area contributed by atoms with Gasteiger partial charge < -0.3 is 4.57 Å². The Bertz CT molecular complexity index is 3090. The molecule has 1 aliphatic carbocycles. The van der Waals surface area contributed by atoms with Gasteiger partial charge in [-0.2, -0.15) is 0 Å². The van der Waals surface area contributed by atoms with E-state index in [2.05, 4.69) is 206 Å². The summed E-state index contributed by atoms with van der Waals surface area (Å²) in [5, 5.41) is 9.05. The van der Waals surface area contributed by atoms with Crippen LogP contribution in [-0.2, 0) is 5.41 Å². The van der Waals surface area contributed by atoms with Crippen molar-refractivity contribution in [2.24, 2.45) is 0 Å². The van der Waals surface area contributed by atoms with Crippen molar-refractivity contribution in [2.45, 2.75) is 19.3 Å². The third-order valence-electron chi connectivity index (χ3n) is 12.0. The zero-order valence-electron chi connectivity index (χ0n) is 30.3. The molecule has 9 aromatic carbocycles. The molecule has 0 unspecified atom stereocenters. The second-order valence-corrected chi connectivity index (χ2v) is 15.3. The summed E-state index contributed by atoms with van der Waals surface area (Å²) in [4.78, 5) is 0. The van der Waals surface area contributed by atoms with Crippen LogP contribution in [-0.4, -0.2) is 4.57 Å². The highest BCUT2D eigenvalue weighted by Crippen LogP contribution is 2.53. The van der Waals surface area contributed by atoms with Crippen LogP contribution in [0.2, 0.25) is 0 Å². The molecule has 0 amide bonds. The Hall–Kier alpha value is -6.70. The molecule has 0 N–H and O–H groups in total. The first-order chi connectivity index (χ1) is 26.6. The summed E-state index contributed by atoms with van der Waals surface area (Å²) in [7, 11) is 0. The Morgan fingerprint density at radius 2 is 0.833 bits per heavy atom. The van der Waals surface area contributed by atoms with Crippen LogP contribution in [0.25, 0.3) is 93.5 Å². The van der Waals surface area contributed by atoms with Crippen molar-refractivity contribution in [3.05, 3.63) is 199 Å². The number of hydrogen-bond acceptors (Lipinski definition) is 0. The second kappa shape index (κ2) is 11.7. The van der Waals surface area contributed by atoms with Crippen LogP contribution in [0.5, 0.6) is 0 Å². The molecule has 1 aliphatic rings. The maximum absolute atomic E-state index is 2.49. The lowest BCUT2D eigenvalue weighted by Crippen LogP contribution is -2.20. The Morgan fingerprint density at radius 1 is 0.352 bits per heavy atom. The third-order valence-corrected chi connectivity index (χ3v) is 12.0. The minimum Gasteiger partial charge on any atom is -0.309 e. The molecular formula is C53H37N. The van der Waals surface area contributed by atoms with Crippen molar-refractivity contribution in [3.8, 4) is 50.3 Å². The van der Waals surface area contributed by atoms with E-state index < -0.39 is 0 Å². The van der Waals surface area contributed by atoms with Gasteiger partial charge in [-0.15, -0.1) is 0 Å². The molecule has 0 saturated carbocycles. The molecule has 0 atom stereocenters. The molecule has 1 heterocycles. The molecule has 1 heteroatoms. The average molecular weight is 688 g/mol. The molecule has 254 valence electrons. The lowest BCUT2D eigenvalue weighted by molar-refractivity contribution is 0.646. The summed E-state index contributed by atoms with van der Waals surface area (Å²) in [5.74, 6) is 0. The fourth-order valence-electron chi connectivity index (χ4n) is 9.44. The minimum absolute atomic E-state index is 0.177. The van der Waals surface area contributed by atoms with E-state index in [1.807, 2.05) is 0 Å². The largest absolute Gasteiger partial charge is 0.309 e. The average Bonchev–Trinajstić information content (AvgIpc) is 3.54. The quantitative estimate of drug-likeness (QED) is 0.163. The monoisotopic (exact) mass is 687 g/mol. The van der Waals surface area contributed by atoms with Gasteiger partial charge in [-0.05, 0) is 108 Å². The van der Waals surface area contributed by atoms with E-state index in [1.54, 1.807) is 0 Å². The predicted molar refractivity (Wildman–Crippen MR) is 230 cm³/mol. The molecule has 0 bridgehead atoms. The van der Waals surface area contributed by atoms with Gasteiger partial charge in [-0.1, -0.05) is 166 Å². The lowest BCUT2D eigenvalue weighted by atomic mass is 9.75. The number of benzene rings is 9. The summed E-state index contributed by atoms with van der Waals surface area (Å²) in [6.45, 7) is 4.75. The Labute approximate surface area is 315 Å². The van der Waals surface area contributed by atoms with Gasteiger partial charge in [0.05, 0.1) is 11.2 Å². The van der Waals surface area contributed by atoms with Crippen LogP contribution in [0.1, 0.15) is 25.0 Å². The maximum atomic E-state index is 2.49. The van der Waals surface area contributed by atoms with Crippen molar-refractivity contribution in [1.82, 2.24) is 4.57 Å². The summed E-state index contributed by atoms with van der Waals surface area (Å²) in [6.07, 6.45) is 0. The molecule has 11 rings (SSSR count). The van der Waals surface area contributed by atoms with Crippen molar-refractivity contribution >= 4 is 43.2 Å². The first-order valence-corrected chi connectivity index (χ1v) is 18.9. The molecule has 54 heavy (non-hydrogen) atoms. The SMILES string of the molecule is CC1(C)c2ccccc2-c2c(n(-c3ccccc3)c3ccc(-c4cccc(-c5ccc6c7ccccc7c7ccccc7c6c5)c4)cc23)-c2ccccc21. The molecule has 1 aromatic heterocycles. The molecule has 0 radical (unpaired) electrons. The molecule has 0 spiro atoms. The number of rotatable bonds is 3. The molecular weight excluding hydrogens is 651 g/mol. The van der Waals surface area contributed by atoms with Gasteiger partial charge in [-0.25, -0.2) is 0 Å². The van der Waals surface area contributed by atoms with E-state index in [4.69, 9.17) is 0 Å². The van der Waals surface area contributed by atoms with Crippen LogP contribution < -0.4 is 0 Å². The molecule has 0 aliphatic heterocycles. The maximum Gasteiger partial charge on any atom is 0.0622 e. The zero-order valence-corrected chi connectivity index (χ0v) is 30.3. The van der Waals surface area contributed by atoms with Crippen LogP contribution in [0.3, 0.4) is 0 Å². The Balaban J connectivity index is 1.14. The van der Waals surface area contributed by atoms with Gasteiger partial charge in [0.15, 0.2) is 0 Å². The van der Waals surface area contributed by atoms with Gasteiger partial charge in [0.25, 0.3) is 0 Å².